The van der Waals surface area contributed by atoms with Crippen LogP contribution in [-0.2, 0) is 0 Å². The molecule has 4 rings (SSSR count). The van der Waals surface area contributed by atoms with Gasteiger partial charge in [0, 0.05) is 5.22 Å². The minimum absolute atomic E-state index is 0.0372. The summed E-state index contributed by atoms with van der Waals surface area (Å²) in [7, 11) is 0. The lowest BCUT2D eigenvalue weighted by atomic mass is 10.2. The van der Waals surface area contributed by atoms with E-state index in [1.165, 1.54) is 0 Å². The number of anilines is 2. The fourth-order valence-electron chi connectivity index (χ4n) is 3.05. The van der Waals surface area contributed by atoms with Crippen LogP contribution in [0.3, 0.4) is 0 Å². The van der Waals surface area contributed by atoms with Gasteiger partial charge in [-0.15, -0.1) is 0 Å². The molecule has 9 heteroatoms. The summed E-state index contributed by atoms with van der Waals surface area (Å²) in [5.74, 6) is 1.14. The molecule has 1 aliphatic heterocycles. The normalized spacial score (nSPS) is 13.6. The molecule has 0 bridgehead atoms. The van der Waals surface area contributed by atoms with E-state index < -0.39 is 0 Å². The molecule has 0 radical (unpaired) electrons. The van der Waals surface area contributed by atoms with Crippen molar-refractivity contribution in [3.63, 3.8) is 0 Å². The van der Waals surface area contributed by atoms with Gasteiger partial charge in [0.2, 0.25) is 5.88 Å². The van der Waals surface area contributed by atoms with E-state index in [-0.39, 0.29) is 5.88 Å². The Kier molecular flexibility index (Phi) is 5.20. The van der Waals surface area contributed by atoms with Gasteiger partial charge in [0.15, 0.2) is 4.77 Å². The molecule has 154 valence electrons. The highest BCUT2D eigenvalue weighted by Gasteiger charge is 2.09. The molecule has 1 aliphatic rings. The van der Waals surface area contributed by atoms with Crippen LogP contribution in [0.2, 0.25) is 0 Å². The van der Waals surface area contributed by atoms with Crippen molar-refractivity contribution in [2.24, 2.45) is 4.99 Å². The predicted octanol–water partition coefficient (Wildman–Crippen LogP) is 2.16. The molecule has 30 heavy (non-hydrogen) atoms. The Hall–Kier alpha value is -3.72. The van der Waals surface area contributed by atoms with Crippen LogP contribution >= 0.6 is 12.2 Å². The molecule has 3 aromatic rings. The molecule has 8 nitrogen and oxygen atoms in total. The summed E-state index contributed by atoms with van der Waals surface area (Å²) in [6.07, 6.45) is 3.56. The Labute approximate surface area is 177 Å². The fourth-order valence-corrected chi connectivity index (χ4v) is 3.26. The molecule has 0 atom stereocenters. The van der Waals surface area contributed by atoms with E-state index in [1.54, 1.807) is 12.1 Å². The summed E-state index contributed by atoms with van der Waals surface area (Å²) >= 11 is 4.97. The van der Waals surface area contributed by atoms with Gasteiger partial charge >= 0.3 is 0 Å². The van der Waals surface area contributed by atoms with E-state index in [1.807, 2.05) is 37.3 Å². The van der Waals surface area contributed by atoms with E-state index in [4.69, 9.17) is 33.2 Å². The Morgan fingerprint density at radius 2 is 1.80 bits per heavy atom. The molecule has 0 fully saturated rings. The Morgan fingerprint density at radius 1 is 1.07 bits per heavy atom. The largest absolute Gasteiger partial charge is 0.493 e. The van der Waals surface area contributed by atoms with Crippen molar-refractivity contribution in [3.8, 4) is 17.4 Å². The van der Waals surface area contributed by atoms with Crippen LogP contribution in [0, 0.1) is 11.7 Å². The highest BCUT2D eigenvalue weighted by Crippen LogP contribution is 2.23. The number of aromatic nitrogens is 2. The monoisotopic (exact) mass is 423 g/mol. The molecule has 7 N–H and O–H groups in total. The number of nitrogen functional groups attached to an aromatic ring is 2. The van der Waals surface area contributed by atoms with Gasteiger partial charge in [-0.25, -0.2) is 4.99 Å². The number of nitrogens with one attached hydrogen (secondary N) is 2. The fraction of sp³-hybridized carbons (Fsp3) is 0.143. The number of nitrogens with zero attached hydrogens (tertiary/aromatic N) is 1. The Balaban J connectivity index is 1.46. The Morgan fingerprint density at radius 3 is 2.50 bits per heavy atom. The lowest BCUT2D eigenvalue weighted by molar-refractivity contribution is 0.218. The number of rotatable bonds is 6. The van der Waals surface area contributed by atoms with E-state index in [0.29, 0.717) is 52.2 Å². The number of ether oxygens (including phenoxy) is 2. The second-order valence-corrected chi connectivity index (χ2v) is 7.26. The molecular formula is C21H21N5O3S. The molecule has 2 aromatic carbocycles. The van der Waals surface area contributed by atoms with Crippen LogP contribution in [0.4, 0.5) is 11.4 Å². The van der Waals surface area contributed by atoms with E-state index >= 15 is 0 Å². The summed E-state index contributed by atoms with van der Waals surface area (Å²) in [6, 6.07) is 9.21. The average molecular weight is 423 g/mol. The minimum atomic E-state index is -0.0372. The van der Waals surface area contributed by atoms with E-state index in [9.17, 15) is 5.11 Å². The van der Waals surface area contributed by atoms with Crippen LogP contribution < -0.4 is 31.5 Å². The number of hydrogen-bond acceptors (Lipinski definition) is 7. The zero-order valence-electron chi connectivity index (χ0n) is 16.2. The maximum atomic E-state index is 9.82. The minimum Gasteiger partial charge on any atom is -0.493 e. The van der Waals surface area contributed by atoms with Crippen molar-refractivity contribution < 1.29 is 14.6 Å². The number of imidazole rings is 1. The molecule has 0 saturated carbocycles. The summed E-state index contributed by atoms with van der Waals surface area (Å²) in [5, 5.41) is 11.4. The van der Waals surface area contributed by atoms with Crippen molar-refractivity contribution in [1.29, 1.82) is 0 Å². The highest BCUT2D eigenvalue weighted by molar-refractivity contribution is 7.71. The maximum Gasteiger partial charge on any atom is 0.215 e. The molecule has 2 heterocycles. The molecule has 0 unspecified atom stereocenters. The summed E-state index contributed by atoms with van der Waals surface area (Å²) < 4.78 is 11.8. The van der Waals surface area contributed by atoms with Gasteiger partial charge in [0.05, 0.1) is 22.4 Å². The summed E-state index contributed by atoms with van der Waals surface area (Å²) in [5.41, 5.74) is 15.3. The lowest BCUT2D eigenvalue weighted by Crippen LogP contribution is -2.23. The molecular weight excluding hydrogens is 402 g/mol. The SMILES string of the molecule is Cc1ccc(N)c(OCCOc2cc3c(cc2N)=NC(=Cc2[nH]c(=S)[nH]c2O)C=3)c1. The number of H-pyrrole nitrogens is 2. The van der Waals surface area contributed by atoms with Crippen molar-refractivity contribution in [2.75, 3.05) is 24.7 Å². The zero-order valence-corrected chi connectivity index (χ0v) is 17.0. The van der Waals surface area contributed by atoms with Gasteiger partial charge in [-0.2, -0.15) is 0 Å². The smallest absolute Gasteiger partial charge is 0.215 e. The third kappa shape index (κ3) is 4.15. The molecule has 0 aliphatic carbocycles. The first-order valence-corrected chi connectivity index (χ1v) is 9.64. The third-order valence-electron chi connectivity index (χ3n) is 4.51. The van der Waals surface area contributed by atoms with Gasteiger partial charge in [0.25, 0.3) is 0 Å². The molecule has 0 amide bonds. The molecule has 1 aromatic heterocycles. The Bertz CT molecular complexity index is 1320. The number of aryl methyl sites for hydroxylation is 1. The standard InChI is InChI=1S/C21H21N5O3S/c1-11-2-3-14(22)18(6-11)28-4-5-29-19-8-12-7-13(24-16(12)10-15(19)23)9-17-20(27)26-21(30)25-17/h2-3,6-10,27H,4-5,22-23H2,1H3,(H2,25,26,30). The first-order valence-electron chi connectivity index (χ1n) is 9.24. The quantitative estimate of drug-likeness (QED) is 0.234. The number of allylic oxidation sites excluding steroid dienone is 1. The van der Waals surface area contributed by atoms with E-state index in [0.717, 1.165) is 16.1 Å². The zero-order chi connectivity index (χ0) is 21.3. The van der Waals surface area contributed by atoms with Crippen molar-refractivity contribution in [1.82, 2.24) is 9.97 Å². The maximum absolute atomic E-state index is 9.82. The van der Waals surface area contributed by atoms with Crippen LogP contribution in [0.1, 0.15) is 11.3 Å². The second-order valence-electron chi connectivity index (χ2n) is 6.85. The number of nitrogens with two attached hydrogens (primary N) is 2. The second kappa shape index (κ2) is 7.96. The van der Waals surface area contributed by atoms with Gasteiger partial charge in [-0.3, -0.25) is 0 Å². The predicted molar refractivity (Wildman–Crippen MR) is 118 cm³/mol. The number of hydrogen-bond donors (Lipinski definition) is 5. The van der Waals surface area contributed by atoms with Crippen molar-refractivity contribution in [3.05, 3.63) is 62.6 Å². The van der Waals surface area contributed by atoms with Gasteiger partial charge in [-0.1, -0.05) is 6.07 Å². The summed E-state index contributed by atoms with van der Waals surface area (Å²) in [6.45, 7) is 2.61. The van der Waals surface area contributed by atoms with Crippen molar-refractivity contribution >= 4 is 35.7 Å². The topological polar surface area (TPSA) is 135 Å². The van der Waals surface area contributed by atoms with Gasteiger partial charge in [-0.05, 0) is 61.1 Å². The van der Waals surface area contributed by atoms with Crippen LogP contribution in [-0.4, -0.2) is 28.3 Å². The molecule has 0 spiro atoms. The third-order valence-corrected chi connectivity index (χ3v) is 4.71. The van der Waals surface area contributed by atoms with Gasteiger partial charge in [0.1, 0.15) is 30.4 Å². The van der Waals surface area contributed by atoms with E-state index in [2.05, 4.69) is 15.0 Å². The highest BCUT2D eigenvalue weighted by atomic mass is 32.1. The number of aromatic amines is 2. The first kappa shape index (κ1) is 19.6. The lowest BCUT2D eigenvalue weighted by Gasteiger charge is -2.11. The van der Waals surface area contributed by atoms with Crippen LogP contribution in [0.25, 0.3) is 12.2 Å². The number of fused-ring (bicyclic) bond motifs is 1. The van der Waals surface area contributed by atoms with Gasteiger partial charge < -0.3 is 36.0 Å². The average Bonchev–Trinajstić information content (AvgIpc) is 3.22. The van der Waals surface area contributed by atoms with Crippen molar-refractivity contribution in [2.45, 2.75) is 6.92 Å². The van der Waals surface area contributed by atoms with Crippen LogP contribution in [0.15, 0.2) is 41.0 Å². The van der Waals surface area contributed by atoms with Crippen LogP contribution in [0.5, 0.6) is 17.4 Å². The number of aromatic hydroxyl groups is 1. The summed E-state index contributed by atoms with van der Waals surface area (Å²) in [4.78, 5) is 9.99. The molecule has 0 saturated heterocycles. The first-order chi connectivity index (χ1) is 14.4. The number of benzene rings is 2.